The minimum absolute atomic E-state index is 0. The Bertz CT molecular complexity index is 449. The molecule has 1 saturated heterocycles. The monoisotopic (exact) mass is 348 g/mol. The molecule has 1 N–H and O–H groups in total. The number of piperazine rings is 1. The van der Waals surface area contributed by atoms with Crippen LogP contribution in [0.4, 0.5) is 0 Å². The highest BCUT2D eigenvalue weighted by Crippen LogP contribution is 2.15. The van der Waals surface area contributed by atoms with Gasteiger partial charge in [0.25, 0.3) is 0 Å². The van der Waals surface area contributed by atoms with Crippen molar-refractivity contribution >= 4 is 30.0 Å². The van der Waals surface area contributed by atoms with Crippen LogP contribution in [-0.2, 0) is 4.79 Å². The van der Waals surface area contributed by atoms with E-state index in [1.807, 2.05) is 24.3 Å². The van der Waals surface area contributed by atoms with Crippen LogP contribution in [0.15, 0.2) is 24.3 Å². The number of carboxylic acids is 1. The average molecular weight is 349 g/mol. The van der Waals surface area contributed by atoms with Crippen molar-refractivity contribution in [1.29, 1.82) is 0 Å². The van der Waals surface area contributed by atoms with Gasteiger partial charge in [0.2, 0.25) is 0 Å². The van der Waals surface area contributed by atoms with E-state index in [4.69, 9.17) is 21.4 Å². The molecule has 0 saturated carbocycles. The first-order valence-electron chi connectivity index (χ1n) is 7.18. The number of ether oxygens (including phenoxy) is 1. The summed E-state index contributed by atoms with van der Waals surface area (Å²) >= 11 is 5.82. The normalized spacial score (nSPS) is 16.0. The highest BCUT2D eigenvalue weighted by atomic mass is 35.5. The minimum atomic E-state index is -0.728. The molecule has 124 valence electrons. The van der Waals surface area contributed by atoms with E-state index in [-0.39, 0.29) is 18.8 Å². The third-order valence-corrected chi connectivity index (χ3v) is 3.85. The van der Waals surface area contributed by atoms with Crippen LogP contribution in [0.3, 0.4) is 0 Å². The molecule has 0 radical (unpaired) electrons. The molecule has 0 aliphatic carbocycles. The number of halogens is 2. The smallest absolute Gasteiger partial charge is 0.304 e. The molecule has 22 heavy (non-hydrogen) atoms. The standard InChI is InChI=1S/C15H21ClN2O3.ClH/c16-13-1-3-14(4-2-13)21-12-11-18-9-7-17(8-10-18)6-5-15(19)20;/h1-4H,5-12H2,(H,19,20);1H. The van der Waals surface area contributed by atoms with Crippen molar-refractivity contribution < 1.29 is 14.6 Å². The Balaban J connectivity index is 0.00000242. The van der Waals surface area contributed by atoms with Crippen LogP contribution in [0.5, 0.6) is 5.75 Å². The van der Waals surface area contributed by atoms with Gasteiger partial charge in [0.15, 0.2) is 0 Å². The molecule has 0 amide bonds. The summed E-state index contributed by atoms with van der Waals surface area (Å²) in [6.45, 7) is 5.95. The number of aliphatic carboxylic acids is 1. The van der Waals surface area contributed by atoms with E-state index >= 15 is 0 Å². The number of benzene rings is 1. The Hall–Kier alpha value is -1.01. The molecule has 0 atom stereocenters. The molecule has 5 nitrogen and oxygen atoms in total. The maximum atomic E-state index is 10.5. The van der Waals surface area contributed by atoms with E-state index in [1.54, 1.807) is 0 Å². The number of hydrogen-bond donors (Lipinski definition) is 1. The Kier molecular flexibility index (Phi) is 8.56. The molecule has 0 bridgehead atoms. The van der Waals surface area contributed by atoms with Crippen LogP contribution in [0, 0.1) is 0 Å². The maximum Gasteiger partial charge on any atom is 0.304 e. The van der Waals surface area contributed by atoms with Gasteiger partial charge in [-0.25, -0.2) is 0 Å². The fourth-order valence-corrected chi connectivity index (χ4v) is 2.44. The molecule has 0 spiro atoms. The molecule has 1 aromatic carbocycles. The van der Waals surface area contributed by atoms with E-state index in [2.05, 4.69) is 9.80 Å². The second-order valence-electron chi connectivity index (χ2n) is 5.13. The van der Waals surface area contributed by atoms with Gasteiger partial charge < -0.3 is 14.7 Å². The van der Waals surface area contributed by atoms with Crippen molar-refractivity contribution in [1.82, 2.24) is 9.80 Å². The fourth-order valence-electron chi connectivity index (χ4n) is 2.31. The molecule has 2 rings (SSSR count). The van der Waals surface area contributed by atoms with Crippen molar-refractivity contribution in [2.45, 2.75) is 6.42 Å². The van der Waals surface area contributed by atoms with Gasteiger partial charge in [-0.3, -0.25) is 9.69 Å². The number of carbonyl (C=O) groups is 1. The Morgan fingerprint density at radius 1 is 1.09 bits per heavy atom. The molecule has 1 fully saturated rings. The van der Waals surface area contributed by atoms with Crippen LogP contribution < -0.4 is 4.74 Å². The largest absolute Gasteiger partial charge is 0.492 e. The summed E-state index contributed by atoms with van der Waals surface area (Å²) in [5.41, 5.74) is 0. The highest BCUT2D eigenvalue weighted by molar-refractivity contribution is 6.30. The lowest BCUT2D eigenvalue weighted by Crippen LogP contribution is -2.47. The Morgan fingerprint density at radius 3 is 2.18 bits per heavy atom. The van der Waals surface area contributed by atoms with Crippen LogP contribution in [0.1, 0.15) is 6.42 Å². The second-order valence-corrected chi connectivity index (χ2v) is 5.57. The molecule has 1 heterocycles. The SMILES string of the molecule is Cl.O=C(O)CCN1CCN(CCOc2ccc(Cl)cc2)CC1. The van der Waals surface area contributed by atoms with E-state index in [9.17, 15) is 4.79 Å². The highest BCUT2D eigenvalue weighted by Gasteiger charge is 2.16. The van der Waals surface area contributed by atoms with E-state index in [1.165, 1.54) is 0 Å². The number of carboxylic acid groups (broad SMARTS) is 1. The topological polar surface area (TPSA) is 53.0 Å². The summed E-state index contributed by atoms with van der Waals surface area (Å²) in [5, 5.41) is 9.38. The van der Waals surface area contributed by atoms with Gasteiger partial charge in [0.1, 0.15) is 12.4 Å². The third-order valence-electron chi connectivity index (χ3n) is 3.60. The Morgan fingerprint density at radius 2 is 1.64 bits per heavy atom. The summed E-state index contributed by atoms with van der Waals surface area (Å²) in [7, 11) is 0. The first-order chi connectivity index (χ1) is 10.1. The average Bonchev–Trinajstić information content (AvgIpc) is 2.48. The molecule has 0 aromatic heterocycles. The van der Waals surface area contributed by atoms with Gasteiger partial charge in [-0.15, -0.1) is 12.4 Å². The predicted octanol–water partition coefficient (Wildman–Crippen LogP) is 2.23. The molecule has 1 aromatic rings. The summed E-state index contributed by atoms with van der Waals surface area (Å²) in [6.07, 6.45) is 0.222. The first-order valence-corrected chi connectivity index (χ1v) is 7.56. The summed E-state index contributed by atoms with van der Waals surface area (Å²) < 4.78 is 5.68. The van der Waals surface area contributed by atoms with Crippen LogP contribution in [0.2, 0.25) is 5.02 Å². The van der Waals surface area contributed by atoms with Crippen molar-refractivity contribution in [2.75, 3.05) is 45.9 Å². The summed E-state index contributed by atoms with van der Waals surface area (Å²) in [5.74, 6) is 0.105. The lowest BCUT2D eigenvalue weighted by molar-refractivity contribution is -0.137. The second kappa shape index (κ2) is 9.90. The zero-order valence-electron chi connectivity index (χ0n) is 12.4. The van der Waals surface area contributed by atoms with Gasteiger partial charge >= 0.3 is 5.97 Å². The van der Waals surface area contributed by atoms with Gasteiger partial charge in [0, 0.05) is 44.3 Å². The lowest BCUT2D eigenvalue weighted by Gasteiger charge is -2.34. The minimum Gasteiger partial charge on any atom is -0.492 e. The van der Waals surface area contributed by atoms with Gasteiger partial charge in [-0.2, -0.15) is 0 Å². The number of rotatable bonds is 7. The summed E-state index contributed by atoms with van der Waals surface area (Å²) in [4.78, 5) is 15.1. The zero-order valence-corrected chi connectivity index (χ0v) is 14.0. The molecule has 1 aliphatic rings. The Labute approximate surface area is 142 Å². The molecule has 0 unspecified atom stereocenters. The molecular weight excluding hydrogens is 327 g/mol. The van der Waals surface area contributed by atoms with Gasteiger partial charge in [0.05, 0.1) is 6.42 Å². The molecule has 7 heteroatoms. The molecular formula is C15H22Cl2N2O3. The van der Waals surface area contributed by atoms with Crippen molar-refractivity contribution in [3.63, 3.8) is 0 Å². The number of nitrogens with zero attached hydrogens (tertiary/aromatic N) is 2. The summed E-state index contributed by atoms with van der Waals surface area (Å²) in [6, 6.07) is 7.37. The van der Waals surface area contributed by atoms with Crippen molar-refractivity contribution in [3.05, 3.63) is 29.3 Å². The lowest BCUT2D eigenvalue weighted by atomic mass is 10.3. The zero-order chi connectivity index (χ0) is 15.1. The molecule has 1 aliphatic heterocycles. The van der Waals surface area contributed by atoms with Crippen molar-refractivity contribution in [3.8, 4) is 5.75 Å². The van der Waals surface area contributed by atoms with E-state index in [0.717, 1.165) is 38.5 Å². The predicted molar refractivity (Wildman–Crippen MR) is 89.3 cm³/mol. The quantitative estimate of drug-likeness (QED) is 0.818. The van der Waals surface area contributed by atoms with Crippen LogP contribution >= 0.6 is 24.0 Å². The first kappa shape index (κ1) is 19.0. The van der Waals surface area contributed by atoms with E-state index < -0.39 is 5.97 Å². The van der Waals surface area contributed by atoms with Gasteiger partial charge in [-0.1, -0.05) is 11.6 Å². The third kappa shape index (κ3) is 6.83. The number of hydrogen-bond acceptors (Lipinski definition) is 4. The van der Waals surface area contributed by atoms with Crippen LogP contribution in [-0.4, -0.2) is 66.8 Å². The van der Waals surface area contributed by atoms with Gasteiger partial charge in [-0.05, 0) is 24.3 Å². The van der Waals surface area contributed by atoms with E-state index in [0.29, 0.717) is 18.2 Å². The fraction of sp³-hybridized carbons (Fsp3) is 0.533. The van der Waals surface area contributed by atoms with Crippen LogP contribution in [0.25, 0.3) is 0 Å². The maximum absolute atomic E-state index is 10.5. The van der Waals surface area contributed by atoms with Crippen molar-refractivity contribution in [2.24, 2.45) is 0 Å².